The average Bonchev–Trinajstić information content (AvgIpc) is 3.23. The van der Waals surface area contributed by atoms with Gasteiger partial charge in [0, 0.05) is 29.1 Å². The molecular weight excluding hydrogens is 366 g/mol. The fourth-order valence-electron chi connectivity index (χ4n) is 4.34. The van der Waals surface area contributed by atoms with E-state index in [1.807, 2.05) is 6.07 Å². The van der Waals surface area contributed by atoms with Crippen LogP contribution in [-0.4, -0.2) is 49.9 Å². The van der Waals surface area contributed by atoms with E-state index in [9.17, 15) is 15.0 Å². The second-order valence-corrected chi connectivity index (χ2v) is 9.09. The molecule has 2 fully saturated rings. The molecule has 2 aliphatic rings. The monoisotopic (exact) mass is 391 g/mol. The van der Waals surface area contributed by atoms with Crippen LogP contribution >= 0.6 is 11.6 Å². The molecule has 6 nitrogen and oxygen atoms in total. The number of halogens is 1. The SMILES string of the molecule is CC(C)(C1CCN(C(=O)C2(O)CC2)CC1)C(O)c1cc(Cl)cc2cn[nH]c12. The smallest absolute Gasteiger partial charge is 0.254 e. The maximum absolute atomic E-state index is 12.3. The van der Waals surface area contributed by atoms with Gasteiger partial charge in [-0.25, -0.2) is 0 Å². The van der Waals surface area contributed by atoms with Gasteiger partial charge in [0.15, 0.2) is 0 Å². The predicted molar refractivity (Wildman–Crippen MR) is 103 cm³/mol. The summed E-state index contributed by atoms with van der Waals surface area (Å²) >= 11 is 6.24. The van der Waals surface area contributed by atoms with Gasteiger partial charge in [0.05, 0.1) is 17.8 Å². The van der Waals surface area contributed by atoms with Crippen molar-refractivity contribution in [3.8, 4) is 0 Å². The number of aromatic amines is 1. The van der Waals surface area contributed by atoms with Crippen molar-refractivity contribution in [2.24, 2.45) is 11.3 Å². The molecule has 0 spiro atoms. The first kappa shape index (κ1) is 18.7. The predicted octanol–water partition coefficient (Wildman–Crippen LogP) is 3.04. The molecule has 2 aromatic rings. The molecule has 146 valence electrons. The van der Waals surface area contributed by atoms with Gasteiger partial charge in [-0.15, -0.1) is 0 Å². The second kappa shape index (κ2) is 6.47. The third kappa shape index (κ3) is 3.24. The number of carbonyl (C=O) groups excluding carboxylic acids is 1. The van der Waals surface area contributed by atoms with E-state index in [-0.39, 0.29) is 11.8 Å². The fraction of sp³-hybridized carbons (Fsp3) is 0.600. The number of aliphatic hydroxyl groups excluding tert-OH is 1. The molecule has 2 heterocycles. The van der Waals surface area contributed by atoms with Crippen LogP contribution in [0.2, 0.25) is 5.02 Å². The van der Waals surface area contributed by atoms with Crippen LogP contribution in [0.1, 0.15) is 51.2 Å². The first-order valence-electron chi connectivity index (χ1n) is 9.55. The standard InChI is InChI=1S/C20H26ClN3O3/c1-19(2,13-3-7-24(8-4-13)18(26)20(27)5-6-20)17(25)15-10-14(21)9-12-11-22-23-16(12)15/h9-11,13,17,25,27H,3-8H2,1-2H3,(H,22,23). The number of H-pyrrole nitrogens is 1. The van der Waals surface area contributed by atoms with Gasteiger partial charge in [0.1, 0.15) is 5.60 Å². The van der Waals surface area contributed by atoms with Gasteiger partial charge in [0.2, 0.25) is 0 Å². The number of likely N-dealkylation sites (tertiary alicyclic amines) is 1. The Balaban J connectivity index is 1.51. The van der Waals surface area contributed by atoms with Crippen LogP contribution in [0.3, 0.4) is 0 Å². The van der Waals surface area contributed by atoms with Gasteiger partial charge >= 0.3 is 0 Å². The number of fused-ring (bicyclic) bond motifs is 1. The summed E-state index contributed by atoms with van der Waals surface area (Å²) in [7, 11) is 0. The number of amides is 1. The van der Waals surface area contributed by atoms with Crippen LogP contribution in [0.15, 0.2) is 18.3 Å². The number of rotatable bonds is 4. The Hall–Kier alpha value is -1.63. The first-order chi connectivity index (χ1) is 12.7. The van der Waals surface area contributed by atoms with Gasteiger partial charge in [-0.2, -0.15) is 5.10 Å². The minimum absolute atomic E-state index is 0.131. The summed E-state index contributed by atoms with van der Waals surface area (Å²) in [5.41, 5.74) is 0.0674. The van der Waals surface area contributed by atoms with Gasteiger partial charge in [-0.05, 0) is 49.1 Å². The lowest BCUT2D eigenvalue weighted by Crippen LogP contribution is -2.47. The van der Waals surface area contributed by atoms with Crippen molar-refractivity contribution in [1.29, 1.82) is 0 Å². The molecular formula is C20H26ClN3O3. The summed E-state index contributed by atoms with van der Waals surface area (Å²) in [6, 6.07) is 3.63. The molecule has 1 aromatic carbocycles. The van der Waals surface area contributed by atoms with Crippen LogP contribution in [0, 0.1) is 11.3 Å². The molecule has 1 amide bonds. The Morgan fingerprint density at radius 3 is 2.67 bits per heavy atom. The lowest BCUT2D eigenvalue weighted by molar-refractivity contribution is -0.145. The van der Waals surface area contributed by atoms with Crippen LogP contribution < -0.4 is 0 Å². The zero-order chi connectivity index (χ0) is 19.4. The highest BCUT2D eigenvalue weighted by molar-refractivity contribution is 6.31. The third-order valence-corrected chi connectivity index (χ3v) is 6.72. The molecule has 4 rings (SSSR count). The van der Waals surface area contributed by atoms with Crippen molar-refractivity contribution in [3.05, 3.63) is 28.9 Å². The van der Waals surface area contributed by atoms with Crippen molar-refractivity contribution < 1.29 is 15.0 Å². The van der Waals surface area contributed by atoms with E-state index < -0.39 is 17.1 Å². The van der Waals surface area contributed by atoms with Crippen LogP contribution in [0.4, 0.5) is 0 Å². The highest BCUT2D eigenvalue weighted by atomic mass is 35.5. The van der Waals surface area contributed by atoms with E-state index in [0.717, 1.165) is 29.3 Å². The highest BCUT2D eigenvalue weighted by Crippen LogP contribution is 2.47. The lowest BCUT2D eigenvalue weighted by atomic mass is 9.68. The zero-order valence-electron chi connectivity index (χ0n) is 15.7. The normalized spacial score (nSPS) is 21.4. The van der Waals surface area contributed by atoms with Crippen LogP contribution in [-0.2, 0) is 4.79 Å². The van der Waals surface area contributed by atoms with Crippen molar-refractivity contribution >= 4 is 28.4 Å². The Morgan fingerprint density at radius 1 is 1.37 bits per heavy atom. The molecule has 27 heavy (non-hydrogen) atoms. The van der Waals surface area contributed by atoms with Crippen LogP contribution in [0.25, 0.3) is 10.9 Å². The summed E-state index contributed by atoms with van der Waals surface area (Å²) in [5.74, 6) is 0.121. The van der Waals surface area contributed by atoms with E-state index >= 15 is 0 Å². The molecule has 0 radical (unpaired) electrons. The van der Waals surface area contributed by atoms with E-state index in [4.69, 9.17) is 11.6 Å². The molecule has 1 atom stereocenters. The summed E-state index contributed by atoms with van der Waals surface area (Å²) < 4.78 is 0. The number of nitrogens with one attached hydrogen (secondary N) is 1. The van der Waals surface area contributed by atoms with Crippen molar-refractivity contribution in [3.63, 3.8) is 0 Å². The summed E-state index contributed by atoms with van der Waals surface area (Å²) in [5, 5.41) is 29.8. The topological polar surface area (TPSA) is 89.5 Å². The number of aromatic nitrogens is 2. The molecule has 1 saturated heterocycles. The van der Waals surface area contributed by atoms with Crippen molar-refractivity contribution in [2.75, 3.05) is 13.1 Å². The van der Waals surface area contributed by atoms with E-state index in [0.29, 0.717) is 31.0 Å². The number of hydrogen-bond acceptors (Lipinski definition) is 4. The Morgan fingerprint density at radius 2 is 2.04 bits per heavy atom. The Labute approximate surface area is 163 Å². The molecule has 3 N–H and O–H groups in total. The molecule has 1 aromatic heterocycles. The second-order valence-electron chi connectivity index (χ2n) is 8.65. The lowest BCUT2D eigenvalue weighted by Gasteiger charge is -2.43. The largest absolute Gasteiger partial charge is 0.388 e. The number of benzene rings is 1. The number of piperidine rings is 1. The van der Waals surface area contributed by atoms with Crippen LogP contribution in [0.5, 0.6) is 0 Å². The highest BCUT2D eigenvalue weighted by Gasteiger charge is 2.51. The minimum Gasteiger partial charge on any atom is -0.388 e. The molecule has 1 aliphatic carbocycles. The molecule has 1 saturated carbocycles. The summed E-state index contributed by atoms with van der Waals surface area (Å²) in [4.78, 5) is 14.1. The van der Waals surface area contributed by atoms with Gasteiger partial charge in [-0.3, -0.25) is 9.89 Å². The van der Waals surface area contributed by atoms with Crippen molar-refractivity contribution in [1.82, 2.24) is 15.1 Å². The average molecular weight is 392 g/mol. The summed E-state index contributed by atoms with van der Waals surface area (Å²) in [6.45, 7) is 5.38. The van der Waals surface area contributed by atoms with E-state index in [1.54, 1.807) is 17.2 Å². The molecule has 7 heteroatoms. The van der Waals surface area contributed by atoms with E-state index in [2.05, 4.69) is 24.0 Å². The van der Waals surface area contributed by atoms with E-state index in [1.165, 1.54) is 0 Å². The summed E-state index contributed by atoms with van der Waals surface area (Å²) in [6.07, 6.45) is 3.75. The molecule has 1 aliphatic heterocycles. The number of hydrogen-bond donors (Lipinski definition) is 3. The number of aliphatic hydroxyl groups is 2. The number of carbonyl (C=O) groups is 1. The third-order valence-electron chi connectivity index (χ3n) is 6.50. The van der Waals surface area contributed by atoms with Gasteiger partial charge in [0.25, 0.3) is 5.91 Å². The quantitative estimate of drug-likeness (QED) is 0.747. The minimum atomic E-state index is -1.10. The maximum Gasteiger partial charge on any atom is 0.254 e. The van der Waals surface area contributed by atoms with Gasteiger partial charge < -0.3 is 15.1 Å². The molecule has 0 bridgehead atoms. The first-order valence-corrected chi connectivity index (χ1v) is 9.92. The Bertz CT molecular complexity index is 866. The maximum atomic E-state index is 12.3. The van der Waals surface area contributed by atoms with Gasteiger partial charge in [-0.1, -0.05) is 25.4 Å². The number of nitrogens with zero attached hydrogens (tertiary/aromatic N) is 2. The van der Waals surface area contributed by atoms with Crippen molar-refractivity contribution in [2.45, 2.75) is 51.2 Å². The Kier molecular flexibility index (Phi) is 4.48. The fourth-order valence-corrected chi connectivity index (χ4v) is 4.58. The zero-order valence-corrected chi connectivity index (χ0v) is 16.5. The molecule has 1 unspecified atom stereocenters.